The molecule has 0 unspecified atom stereocenters. The predicted octanol–water partition coefficient (Wildman–Crippen LogP) is 2.91. The SMILES string of the molecule is C=N[C@@H](CCCN)CNC(=O)c1nc2ccc(-c3ccc(F)cc3)cc2[nH]1. The molecule has 2 aromatic carbocycles. The second kappa shape index (κ2) is 8.55. The molecule has 1 heterocycles. The van der Waals surface area contributed by atoms with Crippen molar-refractivity contribution in [3.05, 3.63) is 54.1 Å². The number of carbonyl (C=O) groups excluding carboxylic acids is 1. The number of rotatable bonds is 8. The van der Waals surface area contributed by atoms with E-state index in [4.69, 9.17) is 5.73 Å². The minimum Gasteiger partial charge on any atom is -0.347 e. The van der Waals surface area contributed by atoms with Crippen molar-refractivity contribution in [3.63, 3.8) is 0 Å². The van der Waals surface area contributed by atoms with Gasteiger partial charge in [0.1, 0.15) is 5.82 Å². The van der Waals surface area contributed by atoms with Crippen LogP contribution in [0.4, 0.5) is 4.39 Å². The summed E-state index contributed by atoms with van der Waals surface area (Å²) >= 11 is 0. The maximum Gasteiger partial charge on any atom is 0.287 e. The zero-order valence-corrected chi connectivity index (χ0v) is 14.9. The molecule has 0 radical (unpaired) electrons. The minimum absolute atomic E-state index is 0.0630. The largest absolute Gasteiger partial charge is 0.347 e. The lowest BCUT2D eigenvalue weighted by atomic mass is 10.1. The van der Waals surface area contributed by atoms with Crippen LogP contribution in [0, 0.1) is 5.82 Å². The smallest absolute Gasteiger partial charge is 0.287 e. The molecule has 0 saturated carbocycles. The van der Waals surface area contributed by atoms with Gasteiger partial charge in [-0.25, -0.2) is 9.37 Å². The van der Waals surface area contributed by atoms with Crippen molar-refractivity contribution in [2.24, 2.45) is 10.7 Å². The van der Waals surface area contributed by atoms with Crippen LogP contribution in [0.25, 0.3) is 22.2 Å². The monoisotopic (exact) mass is 367 g/mol. The molecule has 0 aliphatic carbocycles. The van der Waals surface area contributed by atoms with Crippen LogP contribution >= 0.6 is 0 Å². The number of carbonyl (C=O) groups is 1. The van der Waals surface area contributed by atoms with E-state index in [0.717, 1.165) is 29.5 Å². The van der Waals surface area contributed by atoms with Gasteiger partial charge in [0.25, 0.3) is 5.91 Å². The van der Waals surface area contributed by atoms with Crippen molar-refractivity contribution in [2.75, 3.05) is 13.1 Å². The topological polar surface area (TPSA) is 96.2 Å². The second-order valence-corrected chi connectivity index (χ2v) is 6.30. The second-order valence-electron chi connectivity index (χ2n) is 6.30. The predicted molar refractivity (Wildman–Crippen MR) is 105 cm³/mol. The number of nitrogens with zero attached hydrogens (tertiary/aromatic N) is 2. The van der Waals surface area contributed by atoms with Gasteiger partial charge in [0.15, 0.2) is 5.82 Å². The summed E-state index contributed by atoms with van der Waals surface area (Å²) in [4.78, 5) is 23.7. The third-order valence-electron chi connectivity index (χ3n) is 4.37. The van der Waals surface area contributed by atoms with E-state index in [2.05, 4.69) is 27.0 Å². The molecule has 140 valence electrons. The van der Waals surface area contributed by atoms with Crippen LogP contribution in [0.15, 0.2) is 47.5 Å². The van der Waals surface area contributed by atoms with E-state index in [9.17, 15) is 9.18 Å². The molecule has 0 aliphatic heterocycles. The number of H-pyrrole nitrogens is 1. The molecule has 0 aliphatic rings. The first-order valence-corrected chi connectivity index (χ1v) is 8.80. The number of nitrogens with one attached hydrogen (secondary N) is 2. The van der Waals surface area contributed by atoms with Crippen molar-refractivity contribution < 1.29 is 9.18 Å². The van der Waals surface area contributed by atoms with E-state index >= 15 is 0 Å². The molecule has 27 heavy (non-hydrogen) atoms. The summed E-state index contributed by atoms with van der Waals surface area (Å²) in [6.07, 6.45) is 1.61. The van der Waals surface area contributed by atoms with Crippen LogP contribution in [0.1, 0.15) is 23.5 Å². The molecule has 3 aromatic rings. The Kier molecular flexibility index (Phi) is 5.93. The number of hydrogen-bond acceptors (Lipinski definition) is 4. The Labute approximate surface area is 156 Å². The summed E-state index contributed by atoms with van der Waals surface area (Å²) in [5.74, 6) is -0.335. The number of aromatic nitrogens is 2. The quantitative estimate of drug-likeness (QED) is 0.534. The van der Waals surface area contributed by atoms with Gasteiger partial charge in [-0.3, -0.25) is 9.79 Å². The van der Waals surface area contributed by atoms with Crippen molar-refractivity contribution in [3.8, 4) is 11.1 Å². The molecule has 6 nitrogen and oxygen atoms in total. The van der Waals surface area contributed by atoms with Gasteiger partial charge in [0, 0.05) is 6.54 Å². The molecule has 0 bridgehead atoms. The number of amides is 1. The van der Waals surface area contributed by atoms with Gasteiger partial charge >= 0.3 is 0 Å². The molecule has 0 fully saturated rings. The molecule has 1 atom stereocenters. The summed E-state index contributed by atoms with van der Waals surface area (Å²) in [5.41, 5.74) is 8.73. The lowest BCUT2D eigenvalue weighted by Crippen LogP contribution is -2.32. The summed E-state index contributed by atoms with van der Waals surface area (Å²) in [5, 5.41) is 2.82. The molecule has 1 amide bonds. The molecule has 0 saturated heterocycles. The van der Waals surface area contributed by atoms with Crippen molar-refractivity contribution in [2.45, 2.75) is 18.9 Å². The van der Waals surface area contributed by atoms with Gasteiger partial charge in [-0.1, -0.05) is 18.2 Å². The summed E-state index contributed by atoms with van der Waals surface area (Å²) in [6.45, 7) is 4.53. The number of imidazole rings is 1. The fraction of sp³-hybridized carbons (Fsp3) is 0.250. The Balaban J connectivity index is 1.73. The average molecular weight is 367 g/mol. The van der Waals surface area contributed by atoms with Crippen LogP contribution in [-0.4, -0.2) is 41.7 Å². The highest BCUT2D eigenvalue weighted by Gasteiger charge is 2.14. The third-order valence-corrected chi connectivity index (χ3v) is 4.37. The Morgan fingerprint density at radius 2 is 2.00 bits per heavy atom. The molecule has 3 rings (SSSR count). The lowest BCUT2D eigenvalue weighted by Gasteiger charge is -2.11. The molecule has 0 spiro atoms. The van der Waals surface area contributed by atoms with Gasteiger partial charge < -0.3 is 16.0 Å². The van der Waals surface area contributed by atoms with E-state index in [1.165, 1.54) is 12.1 Å². The van der Waals surface area contributed by atoms with Gasteiger partial charge in [0.2, 0.25) is 0 Å². The summed E-state index contributed by atoms with van der Waals surface area (Å²) < 4.78 is 13.1. The fourth-order valence-corrected chi connectivity index (χ4v) is 2.84. The Hall–Kier alpha value is -3.06. The highest BCUT2D eigenvalue weighted by Crippen LogP contribution is 2.23. The standard InChI is InChI=1S/C20H22FN5O/c1-23-16(3-2-10-22)12-24-20(27)19-25-17-9-6-14(11-18(17)26-19)13-4-7-15(21)8-5-13/h4-9,11,16H,1-3,10,12,22H2,(H,24,27)(H,25,26)/t16-/m0/s1. The van der Waals surface area contributed by atoms with Crippen molar-refractivity contribution in [1.29, 1.82) is 0 Å². The van der Waals surface area contributed by atoms with Gasteiger partial charge in [0.05, 0.1) is 17.1 Å². The highest BCUT2D eigenvalue weighted by atomic mass is 19.1. The van der Waals surface area contributed by atoms with Crippen molar-refractivity contribution >= 4 is 23.7 Å². The van der Waals surface area contributed by atoms with E-state index in [0.29, 0.717) is 18.6 Å². The van der Waals surface area contributed by atoms with E-state index in [-0.39, 0.29) is 23.6 Å². The van der Waals surface area contributed by atoms with Crippen LogP contribution in [0.2, 0.25) is 0 Å². The summed E-state index contributed by atoms with van der Waals surface area (Å²) in [6, 6.07) is 11.8. The minimum atomic E-state index is -0.295. The molecule has 7 heteroatoms. The maximum atomic E-state index is 13.1. The van der Waals surface area contributed by atoms with Gasteiger partial charge in [-0.2, -0.15) is 0 Å². The average Bonchev–Trinajstić information content (AvgIpc) is 3.12. The Morgan fingerprint density at radius 3 is 2.70 bits per heavy atom. The molecular weight excluding hydrogens is 345 g/mol. The summed E-state index contributed by atoms with van der Waals surface area (Å²) in [7, 11) is 0. The zero-order chi connectivity index (χ0) is 19.2. The van der Waals surface area contributed by atoms with Crippen LogP contribution in [0.5, 0.6) is 0 Å². The third kappa shape index (κ3) is 4.57. The Morgan fingerprint density at radius 1 is 1.26 bits per heavy atom. The number of halogens is 1. The van der Waals surface area contributed by atoms with Gasteiger partial charge in [-0.15, -0.1) is 0 Å². The Bertz CT molecular complexity index is 935. The van der Waals surface area contributed by atoms with Crippen LogP contribution in [0.3, 0.4) is 0 Å². The lowest BCUT2D eigenvalue weighted by molar-refractivity contribution is 0.0942. The zero-order valence-electron chi connectivity index (χ0n) is 14.9. The fourth-order valence-electron chi connectivity index (χ4n) is 2.84. The first-order chi connectivity index (χ1) is 13.1. The number of aromatic amines is 1. The number of fused-ring (bicyclic) bond motifs is 1. The number of nitrogens with two attached hydrogens (primary N) is 1. The van der Waals surface area contributed by atoms with E-state index < -0.39 is 0 Å². The molecule has 1 aromatic heterocycles. The highest BCUT2D eigenvalue weighted by molar-refractivity contribution is 5.94. The van der Waals surface area contributed by atoms with Crippen LogP contribution in [-0.2, 0) is 0 Å². The molecule has 4 N–H and O–H groups in total. The number of benzene rings is 2. The maximum absolute atomic E-state index is 13.1. The first kappa shape index (κ1) is 18.7. The number of hydrogen-bond donors (Lipinski definition) is 3. The van der Waals surface area contributed by atoms with E-state index in [1.54, 1.807) is 12.1 Å². The van der Waals surface area contributed by atoms with Crippen molar-refractivity contribution in [1.82, 2.24) is 15.3 Å². The normalized spacial score (nSPS) is 12.1. The number of aliphatic imine (C=N–C) groups is 1. The molecular formula is C20H22FN5O. The van der Waals surface area contributed by atoms with E-state index in [1.807, 2.05) is 18.2 Å². The van der Waals surface area contributed by atoms with Gasteiger partial charge in [-0.05, 0) is 61.5 Å². The first-order valence-electron chi connectivity index (χ1n) is 8.80. The van der Waals surface area contributed by atoms with Crippen LogP contribution < -0.4 is 11.1 Å².